The van der Waals surface area contributed by atoms with Crippen molar-refractivity contribution in [1.82, 2.24) is 9.78 Å². The van der Waals surface area contributed by atoms with Crippen molar-refractivity contribution < 1.29 is 27.5 Å². The number of aryl methyl sites for hydroxylation is 1. The molecule has 2 rings (SSSR count). The van der Waals surface area contributed by atoms with E-state index in [4.69, 9.17) is 0 Å². The summed E-state index contributed by atoms with van der Waals surface area (Å²) in [6, 6.07) is 1.56. The Morgan fingerprint density at radius 2 is 2.04 bits per heavy atom. The smallest absolute Gasteiger partial charge is 0.436 e. The molecule has 1 amide bonds. The van der Waals surface area contributed by atoms with E-state index in [1.165, 1.54) is 14.0 Å². The Kier molecular flexibility index (Phi) is 5.57. The molecule has 0 fully saturated rings. The van der Waals surface area contributed by atoms with Gasteiger partial charge < -0.3 is 10.1 Å². The van der Waals surface area contributed by atoms with Crippen molar-refractivity contribution in [2.45, 2.75) is 26.6 Å². The van der Waals surface area contributed by atoms with Gasteiger partial charge in [0.1, 0.15) is 11.5 Å². The molecule has 0 aliphatic carbocycles. The second-order valence-electron chi connectivity index (χ2n) is 5.04. The number of halogens is 4. The van der Waals surface area contributed by atoms with Crippen LogP contribution in [0.25, 0.3) is 0 Å². The molecule has 2 aromatic rings. The van der Waals surface area contributed by atoms with Crippen molar-refractivity contribution in [3.63, 3.8) is 0 Å². The summed E-state index contributed by atoms with van der Waals surface area (Å²) in [7, 11) is 1.21. The van der Waals surface area contributed by atoms with Crippen LogP contribution in [0.3, 0.4) is 0 Å². The molecule has 0 spiro atoms. The molecule has 25 heavy (non-hydrogen) atoms. The molecule has 0 saturated heterocycles. The standard InChI is InChI=1S/C14H13BrF3N3O3S/c1-6-4-8(13(23)24-3)12(25-6)19-9(22)5-21-7(2)10(15)11(20-21)14(16,17)18/h4H,5H2,1-3H3,(H,19,22). The summed E-state index contributed by atoms with van der Waals surface area (Å²) in [4.78, 5) is 24.6. The number of carbonyl (C=O) groups is 2. The monoisotopic (exact) mass is 439 g/mol. The zero-order valence-electron chi connectivity index (χ0n) is 13.3. The summed E-state index contributed by atoms with van der Waals surface area (Å²) >= 11 is 4.00. The molecule has 136 valence electrons. The number of hydrogen-bond donors (Lipinski definition) is 1. The normalized spacial score (nSPS) is 11.5. The van der Waals surface area contributed by atoms with Crippen molar-refractivity contribution in [3.8, 4) is 0 Å². The summed E-state index contributed by atoms with van der Waals surface area (Å²) in [5.41, 5.74) is -0.745. The number of amides is 1. The molecule has 0 unspecified atom stereocenters. The van der Waals surface area contributed by atoms with Crippen molar-refractivity contribution in [1.29, 1.82) is 0 Å². The van der Waals surface area contributed by atoms with E-state index in [9.17, 15) is 22.8 Å². The van der Waals surface area contributed by atoms with Crippen LogP contribution in [0.4, 0.5) is 18.2 Å². The lowest BCUT2D eigenvalue weighted by molar-refractivity contribution is -0.142. The number of alkyl halides is 3. The number of nitrogens with one attached hydrogen (secondary N) is 1. The van der Waals surface area contributed by atoms with E-state index in [0.29, 0.717) is 0 Å². The number of hydrogen-bond acceptors (Lipinski definition) is 5. The molecule has 0 aliphatic rings. The predicted molar refractivity (Wildman–Crippen MR) is 88.7 cm³/mol. The van der Waals surface area contributed by atoms with Gasteiger partial charge in [-0.15, -0.1) is 11.3 Å². The van der Waals surface area contributed by atoms with Crippen molar-refractivity contribution >= 4 is 44.1 Å². The first-order chi connectivity index (χ1) is 11.5. The van der Waals surface area contributed by atoms with Gasteiger partial charge in [-0.2, -0.15) is 18.3 Å². The van der Waals surface area contributed by atoms with Crippen LogP contribution in [0.2, 0.25) is 0 Å². The number of nitrogens with zero attached hydrogens (tertiary/aromatic N) is 2. The molecule has 0 aromatic carbocycles. The highest BCUT2D eigenvalue weighted by molar-refractivity contribution is 9.10. The molecule has 11 heteroatoms. The fourth-order valence-electron chi connectivity index (χ4n) is 2.03. The zero-order chi connectivity index (χ0) is 18.9. The first-order valence-corrected chi connectivity index (χ1v) is 8.44. The Hall–Kier alpha value is -1.88. The Morgan fingerprint density at radius 1 is 1.40 bits per heavy atom. The second-order valence-corrected chi connectivity index (χ2v) is 7.09. The third-order valence-electron chi connectivity index (χ3n) is 3.21. The summed E-state index contributed by atoms with van der Waals surface area (Å²) in [5.74, 6) is -1.23. The molecule has 6 nitrogen and oxygen atoms in total. The van der Waals surface area contributed by atoms with Crippen LogP contribution in [-0.4, -0.2) is 28.8 Å². The zero-order valence-corrected chi connectivity index (χ0v) is 15.7. The first-order valence-electron chi connectivity index (χ1n) is 6.83. The Morgan fingerprint density at radius 3 is 2.56 bits per heavy atom. The molecule has 0 saturated carbocycles. The van der Waals surface area contributed by atoms with Gasteiger partial charge in [-0.1, -0.05) is 0 Å². The van der Waals surface area contributed by atoms with Crippen LogP contribution in [-0.2, 0) is 22.3 Å². The fourth-order valence-corrected chi connectivity index (χ4v) is 3.45. The van der Waals surface area contributed by atoms with E-state index in [1.807, 2.05) is 0 Å². The van der Waals surface area contributed by atoms with Gasteiger partial charge in [0.25, 0.3) is 0 Å². The van der Waals surface area contributed by atoms with Crippen molar-refractivity contribution in [3.05, 3.63) is 32.4 Å². The predicted octanol–water partition coefficient (Wildman–Crippen LogP) is 3.77. The number of aromatic nitrogens is 2. The molecule has 1 N–H and O–H groups in total. The van der Waals surface area contributed by atoms with Gasteiger partial charge >= 0.3 is 12.1 Å². The topological polar surface area (TPSA) is 73.2 Å². The van der Waals surface area contributed by atoms with E-state index in [2.05, 4.69) is 31.1 Å². The second kappa shape index (κ2) is 7.16. The molecule has 0 bridgehead atoms. The van der Waals surface area contributed by atoms with Gasteiger partial charge in [-0.05, 0) is 35.8 Å². The lowest BCUT2D eigenvalue weighted by atomic mass is 10.3. The average molecular weight is 440 g/mol. The number of methoxy groups -OCH3 is 1. The van der Waals surface area contributed by atoms with Crippen LogP contribution in [0.1, 0.15) is 26.6 Å². The van der Waals surface area contributed by atoms with E-state index in [0.717, 1.165) is 20.9 Å². The molecule has 0 atom stereocenters. The van der Waals surface area contributed by atoms with Crippen LogP contribution in [0, 0.1) is 13.8 Å². The van der Waals surface area contributed by atoms with E-state index < -0.39 is 30.3 Å². The highest BCUT2D eigenvalue weighted by Crippen LogP contribution is 2.35. The highest BCUT2D eigenvalue weighted by atomic mass is 79.9. The Balaban J connectivity index is 2.21. The third-order valence-corrected chi connectivity index (χ3v) is 5.12. The first kappa shape index (κ1) is 19.4. The summed E-state index contributed by atoms with van der Waals surface area (Å²) in [6.45, 7) is 2.73. The number of thiophene rings is 1. The van der Waals surface area contributed by atoms with Gasteiger partial charge in [0.15, 0.2) is 5.69 Å². The summed E-state index contributed by atoms with van der Waals surface area (Å²) in [5, 5.41) is 6.22. The maximum absolute atomic E-state index is 12.9. The van der Waals surface area contributed by atoms with E-state index in [-0.39, 0.29) is 20.7 Å². The minimum absolute atomic E-state index is 0.165. The molecule has 0 aliphatic heterocycles. The van der Waals surface area contributed by atoms with Crippen LogP contribution < -0.4 is 5.32 Å². The number of rotatable bonds is 4. The van der Waals surface area contributed by atoms with Crippen molar-refractivity contribution in [2.75, 3.05) is 12.4 Å². The van der Waals surface area contributed by atoms with Gasteiger partial charge in [-0.3, -0.25) is 9.48 Å². The Labute approximate surface area is 153 Å². The molecular weight excluding hydrogens is 427 g/mol. The van der Waals surface area contributed by atoms with Gasteiger partial charge in [0.2, 0.25) is 5.91 Å². The summed E-state index contributed by atoms with van der Waals surface area (Å²) in [6.07, 6.45) is -4.63. The fraction of sp³-hybridized carbons (Fsp3) is 0.357. The lowest BCUT2D eigenvalue weighted by Gasteiger charge is -2.07. The van der Waals surface area contributed by atoms with Crippen LogP contribution in [0.15, 0.2) is 10.5 Å². The number of esters is 1. The third kappa shape index (κ3) is 4.21. The number of anilines is 1. The summed E-state index contributed by atoms with van der Waals surface area (Å²) < 4.78 is 43.9. The van der Waals surface area contributed by atoms with Crippen molar-refractivity contribution in [2.24, 2.45) is 0 Å². The van der Waals surface area contributed by atoms with Gasteiger partial charge in [0.05, 0.1) is 22.8 Å². The van der Waals surface area contributed by atoms with Crippen LogP contribution >= 0.6 is 27.3 Å². The quantitative estimate of drug-likeness (QED) is 0.735. The number of carbonyl (C=O) groups excluding carboxylic acids is 2. The largest absolute Gasteiger partial charge is 0.465 e. The minimum atomic E-state index is -4.63. The SMILES string of the molecule is COC(=O)c1cc(C)sc1NC(=O)Cn1nc(C(F)(F)F)c(Br)c1C. The highest BCUT2D eigenvalue weighted by Gasteiger charge is 2.38. The molecule has 2 aromatic heterocycles. The minimum Gasteiger partial charge on any atom is -0.465 e. The van der Waals surface area contributed by atoms with Crippen LogP contribution in [0.5, 0.6) is 0 Å². The van der Waals surface area contributed by atoms with E-state index in [1.54, 1.807) is 13.0 Å². The Bertz CT molecular complexity index is 829. The average Bonchev–Trinajstić information content (AvgIpc) is 3.00. The number of ether oxygens (including phenoxy) is 1. The maximum Gasteiger partial charge on any atom is 0.436 e. The molecule has 2 heterocycles. The van der Waals surface area contributed by atoms with Gasteiger partial charge in [-0.25, -0.2) is 4.79 Å². The molecular formula is C14H13BrF3N3O3S. The molecule has 0 radical (unpaired) electrons. The van der Waals surface area contributed by atoms with Gasteiger partial charge in [0, 0.05) is 4.88 Å². The lowest BCUT2D eigenvalue weighted by Crippen LogP contribution is -2.21. The maximum atomic E-state index is 12.9. The van der Waals surface area contributed by atoms with E-state index >= 15 is 0 Å².